The lowest BCUT2D eigenvalue weighted by atomic mass is 9.97. The summed E-state index contributed by atoms with van der Waals surface area (Å²) < 4.78 is 5.66. The molecule has 0 aliphatic carbocycles. The molecule has 3 fully saturated rings. The van der Waals surface area contributed by atoms with Gasteiger partial charge in [0.05, 0.1) is 11.9 Å². The summed E-state index contributed by atoms with van der Waals surface area (Å²) in [5.41, 5.74) is 2.26. The van der Waals surface area contributed by atoms with E-state index in [4.69, 9.17) is 4.42 Å². The minimum Gasteiger partial charge on any atom is -0.460 e. The predicted molar refractivity (Wildman–Crippen MR) is 99.5 cm³/mol. The number of furan rings is 1. The van der Waals surface area contributed by atoms with E-state index in [1.807, 2.05) is 6.07 Å². The molecule has 0 radical (unpaired) electrons. The second-order valence-electron chi connectivity index (χ2n) is 7.74. The molecule has 5 heterocycles. The molecule has 3 aliphatic heterocycles. The molecule has 3 unspecified atom stereocenters. The number of aromatic nitrogens is 1. The SMILES string of the molecule is O=C(NC1CC2CCN(C2)C1)c1cc2c(N3CCNCC3)coc2cn1. The molecule has 7 heteroatoms. The Bertz CT molecular complexity index is 801. The maximum atomic E-state index is 12.8. The quantitative estimate of drug-likeness (QED) is 0.858. The van der Waals surface area contributed by atoms with Gasteiger partial charge in [-0.2, -0.15) is 0 Å². The maximum absolute atomic E-state index is 12.8. The van der Waals surface area contributed by atoms with Crippen molar-refractivity contribution in [3.63, 3.8) is 0 Å². The second kappa shape index (κ2) is 6.55. The van der Waals surface area contributed by atoms with E-state index in [9.17, 15) is 4.79 Å². The Morgan fingerprint density at radius 3 is 3.00 bits per heavy atom. The van der Waals surface area contributed by atoms with Crippen LogP contribution < -0.4 is 15.5 Å². The molecule has 26 heavy (non-hydrogen) atoms. The van der Waals surface area contributed by atoms with Gasteiger partial charge in [0.15, 0.2) is 5.58 Å². The van der Waals surface area contributed by atoms with Gasteiger partial charge >= 0.3 is 0 Å². The summed E-state index contributed by atoms with van der Waals surface area (Å²) in [6.45, 7) is 7.14. The first-order chi connectivity index (χ1) is 12.8. The van der Waals surface area contributed by atoms with Gasteiger partial charge < -0.3 is 24.9 Å². The summed E-state index contributed by atoms with van der Waals surface area (Å²) in [6, 6.07) is 2.11. The van der Waals surface area contributed by atoms with Gasteiger partial charge in [0, 0.05) is 50.7 Å². The molecule has 3 saturated heterocycles. The number of fused-ring (bicyclic) bond motifs is 3. The summed E-state index contributed by atoms with van der Waals surface area (Å²) in [5.74, 6) is 0.657. The van der Waals surface area contributed by atoms with E-state index < -0.39 is 0 Å². The third kappa shape index (κ3) is 2.95. The van der Waals surface area contributed by atoms with Crippen LogP contribution in [-0.4, -0.2) is 67.6 Å². The van der Waals surface area contributed by atoms with Crippen molar-refractivity contribution in [3.05, 3.63) is 24.2 Å². The highest BCUT2D eigenvalue weighted by Gasteiger charge is 2.33. The Balaban J connectivity index is 1.35. The average molecular weight is 355 g/mol. The maximum Gasteiger partial charge on any atom is 0.270 e. The number of carbonyl (C=O) groups is 1. The van der Waals surface area contributed by atoms with E-state index in [0.29, 0.717) is 5.69 Å². The molecule has 0 aromatic carbocycles. The number of carbonyl (C=O) groups excluding carboxylic acids is 1. The lowest BCUT2D eigenvalue weighted by Crippen LogP contribution is -2.47. The van der Waals surface area contributed by atoms with Crippen LogP contribution in [0.25, 0.3) is 11.0 Å². The lowest BCUT2D eigenvalue weighted by molar-refractivity contribution is 0.0904. The molecule has 2 N–H and O–H groups in total. The summed E-state index contributed by atoms with van der Waals surface area (Å²) in [5, 5.41) is 7.53. The molecule has 2 aromatic heterocycles. The number of nitrogens with one attached hydrogen (secondary N) is 2. The van der Waals surface area contributed by atoms with Gasteiger partial charge in [0.1, 0.15) is 12.0 Å². The van der Waals surface area contributed by atoms with Crippen molar-refractivity contribution >= 4 is 22.6 Å². The molecule has 1 amide bonds. The Morgan fingerprint density at radius 2 is 2.15 bits per heavy atom. The zero-order chi connectivity index (χ0) is 17.5. The van der Waals surface area contributed by atoms with E-state index in [2.05, 4.69) is 25.4 Å². The number of piperidine rings is 1. The topological polar surface area (TPSA) is 73.6 Å². The molecular weight excluding hydrogens is 330 g/mol. The van der Waals surface area contributed by atoms with Crippen LogP contribution in [0.2, 0.25) is 0 Å². The zero-order valence-electron chi connectivity index (χ0n) is 14.9. The number of rotatable bonds is 3. The molecular formula is C19H25N5O2. The van der Waals surface area contributed by atoms with Gasteiger partial charge in [-0.3, -0.25) is 4.79 Å². The van der Waals surface area contributed by atoms with Gasteiger partial charge in [-0.05, 0) is 31.4 Å². The molecule has 3 aliphatic rings. The minimum absolute atomic E-state index is 0.0770. The molecule has 2 aromatic rings. The molecule has 7 nitrogen and oxygen atoms in total. The third-order valence-electron chi connectivity index (χ3n) is 5.93. The summed E-state index contributed by atoms with van der Waals surface area (Å²) >= 11 is 0. The molecule has 0 spiro atoms. The van der Waals surface area contributed by atoms with Crippen LogP contribution in [0.3, 0.4) is 0 Å². The van der Waals surface area contributed by atoms with Crippen LogP contribution >= 0.6 is 0 Å². The number of anilines is 1. The fourth-order valence-corrected chi connectivity index (χ4v) is 4.62. The molecule has 0 saturated carbocycles. The average Bonchev–Trinajstić information content (AvgIpc) is 3.24. The van der Waals surface area contributed by atoms with Crippen LogP contribution in [0.4, 0.5) is 5.69 Å². The first-order valence-corrected chi connectivity index (χ1v) is 9.62. The van der Waals surface area contributed by atoms with Gasteiger partial charge in [0.25, 0.3) is 5.91 Å². The number of piperazine rings is 1. The monoisotopic (exact) mass is 355 g/mol. The highest BCUT2D eigenvalue weighted by atomic mass is 16.3. The van der Waals surface area contributed by atoms with E-state index in [-0.39, 0.29) is 11.9 Å². The third-order valence-corrected chi connectivity index (χ3v) is 5.93. The van der Waals surface area contributed by atoms with Gasteiger partial charge in [-0.25, -0.2) is 4.98 Å². The van der Waals surface area contributed by atoms with Crippen molar-refractivity contribution < 1.29 is 9.21 Å². The van der Waals surface area contributed by atoms with Gasteiger partial charge in [-0.1, -0.05) is 0 Å². The van der Waals surface area contributed by atoms with Crippen LogP contribution in [0, 0.1) is 5.92 Å². The van der Waals surface area contributed by atoms with Crippen LogP contribution in [0.15, 0.2) is 22.9 Å². The summed E-state index contributed by atoms with van der Waals surface area (Å²) in [6.07, 6.45) is 5.80. The van der Waals surface area contributed by atoms with E-state index >= 15 is 0 Å². The minimum atomic E-state index is -0.0770. The zero-order valence-corrected chi connectivity index (χ0v) is 14.9. The lowest BCUT2D eigenvalue weighted by Gasteiger charge is -2.30. The normalized spacial score (nSPS) is 28.5. The molecule has 138 valence electrons. The van der Waals surface area contributed by atoms with E-state index in [1.165, 1.54) is 19.5 Å². The first-order valence-electron chi connectivity index (χ1n) is 9.62. The van der Waals surface area contributed by atoms with Crippen LogP contribution in [-0.2, 0) is 0 Å². The smallest absolute Gasteiger partial charge is 0.270 e. The van der Waals surface area contributed by atoms with Crippen molar-refractivity contribution in [2.45, 2.75) is 18.9 Å². The van der Waals surface area contributed by atoms with Crippen molar-refractivity contribution in [2.24, 2.45) is 5.92 Å². The van der Waals surface area contributed by atoms with Gasteiger partial charge in [-0.15, -0.1) is 0 Å². The van der Waals surface area contributed by atoms with Crippen LogP contribution in [0.1, 0.15) is 23.3 Å². The number of hydrogen-bond acceptors (Lipinski definition) is 6. The number of amides is 1. The largest absolute Gasteiger partial charge is 0.460 e. The summed E-state index contributed by atoms with van der Waals surface area (Å²) in [7, 11) is 0. The molecule has 5 rings (SSSR count). The Morgan fingerprint density at radius 1 is 1.27 bits per heavy atom. The van der Waals surface area contributed by atoms with E-state index in [1.54, 1.807) is 12.5 Å². The fraction of sp³-hybridized carbons (Fsp3) is 0.579. The Hall–Kier alpha value is -2.12. The number of hydrogen-bond donors (Lipinski definition) is 2. The molecule has 2 bridgehead atoms. The first kappa shape index (κ1) is 16.1. The van der Waals surface area contributed by atoms with Crippen molar-refractivity contribution in [3.8, 4) is 0 Å². The second-order valence-corrected chi connectivity index (χ2v) is 7.74. The van der Waals surface area contributed by atoms with Crippen LogP contribution in [0.5, 0.6) is 0 Å². The standard InChI is InChI=1S/C19H25N5O2/c25-19(22-14-7-13-1-4-23(10-13)11-14)16-8-15-17(12-26-18(15)9-21-16)24-5-2-20-3-6-24/h8-9,12-14,20H,1-7,10-11H2,(H,22,25). The molecule has 3 atom stereocenters. The highest BCUT2D eigenvalue weighted by Crippen LogP contribution is 2.30. The van der Waals surface area contributed by atoms with Gasteiger partial charge in [0.2, 0.25) is 0 Å². The summed E-state index contributed by atoms with van der Waals surface area (Å²) in [4.78, 5) is 21.8. The highest BCUT2D eigenvalue weighted by molar-refractivity contribution is 5.99. The van der Waals surface area contributed by atoms with Crippen molar-refractivity contribution in [1.82, 2.24) is 20.5 Å². The fourth-order valence-electron chi connectivity index (χ4n) is 4.62. The number of nitrogens with zero attached hydrogens (tertiary/aromatic N) is 3. The number of pyridine rings is 1. The predicted octanol–water partition coefficient (Wildman–Crippen LogP) is 1.06. The van der Waals surface area contributed by atoms with Crippen molar-refractivity contribution in [2.75, 3.05) is 50.7 Å². The van der Waals surface area contributed by atoms with Crippen molar-refractivity contribution in [1.29, 1.82) is 0 Å². The Kier molecular flexibility index (Phi) is 4.05. The Labute approximate surface area is 152 Å². The van der Waals surface area contributed by atoms with E-state index in [0.717, 1.165) is 61.7 Å².